The molecule has 6 rings (SSSR count). The predicted molar refractivity (Wildman–Crippen MR) is 142 cm³/mol. The normalized spacial score (nSPS) is 16.0. The molecule has 1 aliphatic rings. The van der Waals surface area contributed by atoms with Crippen molar-refractivity contribution in [1.82, 2.24) is 4.57 Å². The van der Waals surface area contributed by atoms with Crippen LogP contribution in [0.5, 0.6) is 5.75 Å². The maximum atomic E-state index is 13.2. The van der Waals surface area contributed by atoms with Gasteiger partial charge in [0.05, 0.1) is 16.8 Å². The molecule has 4 aromatic carbocycles. The second-order valence-electron chi connectivity index (χ2n) is 9.13. The van der Waals surface area contributed by atoms with Crippen molar-refractivity contribution in [2.24, 2.45) is 0 Å². The first kappa shape index (κ1) is 21.9. The van der Waals surface area contributed by atoms with Crippen LogP contribution >= 0.6 is 0 Å². The number of ether oxygens (including phenoxy) is 2. The fourth-order valence-corrected chi connectivity index (χ4v) is 4.90. The second kappa shape index (κ2) is 8.58. The number of carbonyl (C=O) groups excluding carboxylic acids is 1. The number of esters is 1. The van der Waals surface area contributed by atoms with Crippen molar-refractivity contribution in [3.63, 3.8) is 0 Å². The van der Waals surface area contributed by atoms with Gasteiger partial charge in [0.2, 0.25) is 5.72 Å². The lowest BCUT2D eigenvalue weighted by Crippen LogP contribution is -2.43. The topological polar surface area (TPSA) is 40.5 Å². The van der Waals surface area contributed by atoms with E-state index in [-0.39, 0.29) is 12.2 Å². The minimum absolute atomic E-state index is 0.172. The molecular formula is C32H25NO3. The van der Waals surface area contributed by atoms with Crippen LogP contribution in [0.3, 0.4) is 0 Å². The van der Waals surface area contributed by atoms with E-state index in [0.29, 0.717) is 5.75 Å². The number of aromatic nitrogens is 1. The van der Waals surface area contributed by atoms with Gasteiger partial charge in [-0.3, -0.25) is 4.57 Å². The summed E-state index contributed by atoms with van der Waals surface area (Å²) in [7, 11) is 0. The van der Waals surface area contributed by atoms with Crippen molar-refractivity contribution in [1.29, 1.82) is 0 Å². The van der Waals surface area contributed by atoms with E-state index >= 15 is 0 Å². The average Bonchev–Trinajstić information content (AvgIpc) is 3.33. The van der Waals surface area contributed by atoms with E-state index in [2.05, 4.69) is 41.5 Å². The number of rotatable bonds is 5. The highest BCUT2D eigenvalue weighted by Gasteiger charge is 2.43. The van der Waals surface area contributed by atoms with Gasteiger partial charge in [0.25, 0.3) is 0 Å². The van der Waals surface area contributed by atoms with E-state index in [4.69, 9.17) is 9.47 Å². The highest BCUT2D eigenvalue weighted by molar-refractivity contribution is 5.94. The molecule has 1 atom stereocenters. The summed E-state index contributed by atoms with van der Waals surface area (Å²) in [5.74, 6) is 0.207. The van der Waals surface area contributed by atoms with Crippen LogP contribution in [0.2, 0.25) is 0 Å². The van der Waals surface area contributed by atoms with Gasteiger partial charge in [-0.2, -0.15) is 0 Å². The molecule has 0 saturated carbocycles. The summed E-state index contributed by atoms with van der Waals surface area (Å²) < 4.78 is 14.3. The second-order valence-corrected chi connectivity index (χ2v) is 9.13. The van der Waals surface area contributed by atoms with Gasteiger partial charge in [0, 0.05) is 17.9 Å². The van der Waals surface area contributed by atoms with E-state index in [1.807, 2.05) is 85.8 Å². The molecule has 5 aromatic rings. The van der Waals surface area contributed by atoms with Gasteiger partial charge in [-0.05, 0) is 41.0 Å². The first-order valence-electron chi connectivity index (χ1n) is 11.9. The van der Waals surface area contributed by atoms with Gasteiger partial charge in [-0.1, -0.05) is 91.5 Å². The molecule has 36 heavy (non-hydrogen) atoms. The highest BCUT2D eigenvalue weighted by Crippen LogP contribution is 2.48. The quantitative estimate of drug-likeness (QED) is 0.199. The van der Waals surface area contributed by atoms with Gasteiger partial charge in [0.1, 0.15) is 12.4 Å². The van der Waals surface area contributed by atoms with Gasteiger partial charge < -0.3 is 9.47 Å². The summed E-state index contributed by atoms with van der Waals surface area (Å²) in [5.41, 5.74) is 5.11. The van der Waals surface area contributed by atoms with E-state index in [0.717, 1.165) is 38.9 Å². The lowest BCUT2D eigenvalue weighted by molar-refractivity contribution is -0.143. The van der Waals surface area contributed by atoms with Gasteiger partial charge in [0.15, 0.2) is 0 Å². The number of para-hydroxylation sites is 1. The molecule has 0 N–H and O–H groups in total. The number of fused-ring (bicyclic) bond motifs is 5. The molecule has 1 aliphatic heterocycles. The van der Waals surface area contributed by atoms with E-state index in [1.165, 1.54) is 0 Å². The maximum absolute atomic E-state index is 13.2. The zero-order valence-electron chi connectivity index (χ0n) is 20.0. The number of benzene rings is 4. The smallest absolute Gasteiger partial charge is 0.339 e. The van der Waals surface area contributed by atoms with Crippen LogP contribution in [0.25, 0.3) is 33.3 Å². The molecule has 2 heterocycles. The van der Waals surface area contributed by atoms with Crippen molar-refractivity contribution in [3.8, 4) is 28.1 Å². The largest absolute Gasteiger partial charge is 0.463 e. The van der Waals surface area contributed by atoms with Crippen molar-refractivity contribution >= 4 is 16.9 Å². The zero-order valence-corrected chi connectivity index (χ0v) is 20.0. The summed E-state index contributed by atoms with van der Waals surface area (Å²) >= 11 is 0. The van der Waals surface area contributed by atoms with Gasteiger partial charge in [-0.15, -0.1) is 0 Å². The minimum Gasteiger partial charge on any atom is -0.463 e. The lowest BCUT2D eigenvalue weighted by atomic mass is 9.97. The van der Waals surface area contributed by atoms with Crippen LogP contribution in [0.1, 0.15) is 12.5 Å². The molecule has 4 heteroatoms. The van der Waals surface area contributed by atoms with Crippen LogP contribution in [-0.2, 0) is 21.9 Å². The van der Waals surface area contributed by atoms with E-state index < -0.39 is 11.7 Å². The number of carbonyl (C=O) groups is 1. The van der Waals surface area contributed by atoms with Crippen LogP contribution < -0.4 is 4.74 Å². The van der Waals surface area contributed by atoms with Crippen LogP contribution in [-0.4, -0.2) is 10.5 Å². The first-order chi connectivity index (χ1) is 17.5. The lowest BCUT2D eigenvalue weighted by Gasteiger charge is -2.39. The molecule has 0 amide bonds. The van der Waals surface area contributed by atoms with Gasteiger partial charge in [-0.25, -0.2) is 4.79 Å². The molecule has 0 fully saturated rings. The van der Waals surface area contributed by atoms with E-state index in [1.54, 1.807) is 0 Å². The average molecular weight is 472 g/mol. The zero-order chi connectivity index (χ0) is 24.7. The Morgan fingerprint density at radius 3 is 2.33 bits per heavy atom. The predicted octanol–water partition coefficient (Wildman–Crippen LogP) is 7.34. The Labute approximate surface area is 210 Å². The first-order valence-corrected chi connectivity index (χ1v) is 11.9. The maximum Gasteiger partial charge on any atom is 0.339 e. The summed E-state index contributed by atoms with van der Waals surface area (Å²) in [6, 6.07) is 36.3. The highest BCUT2D eigenvalue weighted by atomic mass is 16.5. The third-order valence-electron chi connectivity index (χ3n) is 6.83. The molecule has 0 radical (unpaired) electrons. The number of nitrogens with zero attached hydrogens (tertiary/aromatic N) is 1. The Morgan fingerprint density at radius 1 is 0.861 bits per heavy atom. The summed E-state index contributed by atoms with van der Waals surface area (Å²) in [5, 5.41) is 1.06. The summed E-state index contributed by atoms with van der Waals surface area (Å²) in [6.07, 6.45) is 0. The van der Waals surface area contributed by atoms with Crippen molar-refractivity contribution in [2.45, 2.75) is 19.3 Å². The van der Waals surface area contributed by atoms with Crippen molar-refractivity contribution in [2.75, 3.05) is 0 Å². The number of hydrogen-bond acceptors (Lipinski definition) is 3. The SMILES string of the molecule is C=C(C(=O)OCc1ccccc1)C1(C)Oc2ccc(-c3ccccc3)cc2-c2cc3ccccc3n21. The molecular weight excluding hydrogens is 446 g/mol. The molecule has 0 saturated heterocycles. The standard InChI is InChI=1S/C32H25NO3/c1-22(31(34)35-21-23-11-5-3-6-12-23)32(2)33-28-16-10-9-15-26(28)20-29(33)27-19-25(17-18-30(27)36-32)24-13-7-4-8-14-24/h3-20H,1,21H2,2H3. The third kappa shape index (κ3) is 3.59. The van der Waals surface area contributed by atoms with Crippen LogP contribution in [0, 0.1) is 0 Å². The van der Waals surface area contributed by atoms with Crippen LogP contribution in [0.4, 0.5) is 0 Å². The number of hydrogen-bond donors (Lipinski definition) is 0. The third-order valence-corrected chi connectivity index (χ3v) is 6.83. The summed E-state index contributed by atoms with van der Waals surface area (Å²) in [4.78, 5) is 13.2. The Hall–Kier alpha value is -4.57. The molecule has 0 aliphatic carbocycles. The summed E-state index contributed by atoms with van der Waals surface area (Å²) in [6.45, 7) is 6.22. The Morgan fingerprint density at radius 2 is 1.56 bits per heavy atom. The fourth-order valence-electron chi connectivity index (χ4n) is 4.90. The molecule has 4 nitrogen and oxygen atoms in total. The molecule has 1 aromatic heterocycles. The minimum atomic E-state index is -1.16. The Bertz CT molecular complexity index is 1600. The van der Waals surface area contributed by atoms with Crippen molar-refractivity contribution in [3.05, 3.63) is 127 Å². The van der Waals surface area contributed by atoms with Gasteiger partial charge >= 0.3 is 5.97 Å². The Kier molecular flexibility index (Phi) is 5.23. The Balaban J connectivity index is 1.43. The molecule has 0 spiro atoms. The van der Waals surface area contributed by atoms with Crippen molar-refractivity contribution < 1.29 is 14.3 Å². The van der Waals surface area contributed by atoms with E-state index in [9.17, 15) is 4.79 Å². The molecule has 1 unspecified atom stereocenters. The molecule has 176 valence electrons. The van der Waals surface area contributed by atoms with Crippen LogP contribution in [0.15, 0.2) is 121 Å². The monoisotopic (exact) mass is 471 g/mol. The molecule has 0 bridgehead atoms. The fraction of sp³-hybridized carbons (Fsp3) is 0.0938.